The number of hydrogen-bond donors (Lipinski definition) is 0. The third-order valence-electron chi connectivity index (χ3n) is 5.96. The van der Waals surface area contributed by atoms with E-state index in [2.05, 4.69) is 0 Å². The summed E-state index contributed by atoms with van der Waals surface area (Å²) in [6.07, 6.45) is -0.171. The molecule has 202 valence electrons. The summed E-state index contributed by atoms with van der Waals surface area (Å²) in [4.78, 5) is 39.9. The quantitative estimate of drug-likeness (QED) is 0.294. The van der Waals surface area contributed by atoms with E-state index in [1.165, 1.54) is 24.1 Å². The highest BCUT2D eigenvalue weighted by Gasteiger charge is 2.40. The lowest BCUT2D eigenvalue weighted by Gasteiger charge is -2.33. The number of carbonyl (C=O) groups excluding carboxylic acids is 3. The molecule has 36 heavy (non-hydrogen) atoms. The topological polar surface area (TPSA) is 91.4 Å². The fourth-order valence-electron chi connectivity index (χ4n) is 4.18. The van der Waals surface area contributed by atoms with Crippen LogP contribution in [-0.4, -0.2) is 60.6 Å². The summed E-state index contributed by atoms with van der Waals surface area (Å²) in [5.74, 6) is -1.88. The van der Waals surface area contributed by atoms with Crippen LogP contribution in [0.2, 0.25) is 0 Å². The van der Waals surface area contributed by atoms with Crippen LogP contribution in [0.15, 0.2) is 24.3 Å². The Morgan fingerprint density at radius 1 is 1.17 bits per heavy atom. The van der Waals surface area contributed by atoms with Gasteiger partial charge in [-0.25, -0.2) is 14.0 Å². The van der Waals surface area contributed by atoms with Crippen LogP contribution in [0.25, 0.3) is 0 Å². The van der Waals surface area contributed by atoms with Crippen LogP contribution in [0.1, 0.15) is 66.4 Å². The van der Waals surface area contributed by atoms with Gasteiger partial charge < -0.3 is 18.9 Å². The third-order valence-corrected chi connectivity index (χ3v) is 5.96. The van der Waals surface area contributed by atoms with E-state index >= 15 is 0 Å². The van der Waals surface area contributed by atoms with E-state index in [1.54, 1.807) is 53.7 Å². The first kappa shape index (κ1) is 29.5. The number of methoxy groups -OCH3 is 1. The molecule has 4 unspecified atom stereocenters. The molecule has 1 heterocycles. The van der Waals surface area contributed by atoms with Crippen LogP contribution in [0.5, 0.6) is 0 Å². The number of esters is 2. The second-order valence-corrected chi connectivity index (χ2v) is 10.6. The highest BCUT2D eigenvalue weighted by Crippen LogP contribution is 2.29. The number of benzene rings is 1. The molecule has 0 aliphatic carbocycles. The molecular formula is C27H40FNO7. The Morgan fingerprint density at radius 2 is 1.81 bits per heavy atom. The molecule has 1 fully saturated rings. The zero-order valence-electron chi connectivity index (χ0n) is 22.4. The Kier molecular flexibility index (Phi) is 10.7. The molecule has 1 aliphatic rings. The lowest BCUT2D eigenvalue weighted by molar-refractivity contribution is -0.176. The first-order valence-corrected chi connectivity index (χ1v) is 12.5. The number of halogens is 1. The van der Waals surface area contributed by atoms with Gasteiger partial charge in [0.1, 0.15) is 36.4 Å². The molecule has 0 radical (unpaired) electrons. The van der Waals surface area contributed by atoms with E-state index in [4.69, 9.17) is 18.9 Å². The Morgan fingerprint density at radius 3 is 2.36 bits per heavy atom. The third kappa shape index (κ3) is 8.76. The summed E-state index contributed by atoms with van der Waals surface area (Å²) in [5.41, 5.74) is 0.130. The summed E-state index contributed by atoms with van der Waals surface area (Å²) < 4.78 is 35.8. The zero-order valence-corrected chi connectivity index (χ0v) is 22.4. The first-order valence-electron chi connectivity index (χ1n) is 12.5. The minimum absolute atomic E-state index is 0.145. The highest BCUT2D eigenvalue weighted by molar-refractivity contribution is 5.81. The predicted molar refractivity (Wildman–Crippen MR) is 131 cm³/mol. The molecule has 1 saturated heterocycles. The van der Waals surface area contributed by atoms with Crippen molar-refractivity contribution in [2.75, 3.05) is 13.8 Å². The number of cyclic esters (lactones) is 1. The van der Waals surface area contributed by atoms with E-state index in [9.17, 15) is 18.8 Å². The summed E-state index contributed by atoms with van der Waals surface area (Å²) in [6, 6.07) is 5.26. The number of nitrogens with zero attached hydrogens (tertiary/aromatic N) is 1. The molecule has 9 heteroatoms. The number of ether oxygens (including phenoxy) is 4. The van der Waals surface area contributed by atoms with E-state index < -0.39 is 41.9 Å². The molecule has 1 aliphatic heterocycles. The van der Waals surface area contributed by atoms with Crippen molar-refractivity contribution < 1.29 is 37.7 Å². The van der Waals surface area contributed by atoms with Crippen LogP contribution >= 0.6 is 0 Å². The lowest BCUT2D eigenvalue weighted by Crippen LogP contribution is -2.49. The number of rotatable bonds is 7. The van der Waals surface area contributed by atoms with E-state index in [1.807, 2.05) is 0 Å². The Hall–Kier alpha value is -2.68. The van der Waals surface area contributed by atoms with Crippen molar-refractivity contribution in [2.45, 2.75) is 91.1 Å². The standard InChI is InChI=1S/C27H40FNO7/c1-17(2)24(30)35-23-18(3)34-25(31)22(29(16-33-7)26(32)36-27(4,5)6)10-8-9-20(23)15-19-11-13-21(28)14-12-19/h11-14,17-18,20,22-23H,8-10,15-16H2,1-7H3. The van der Waals surface area contributed by atoms with Crippen molar-refractivity contribution in [1.29, 1.82) is 0 Å². The smallest absolute Gasteiger partial charge is 0.412 e. The highest BCUT2D eigenvalue weighted by atomic mass is 19.1. The largest absolute Gasteiger partial charge is 0.458 e. The van der Waals surface area contributed by atoms with Crippen molar-refractivity contribution >= 4 is 18.0 Å². The van der Waals surface area contributed by atoms with Crippen LogP contribution in [0.4, 0.5) is 9.18 Å². The molecule has 2 rings (SSSR count). The van der Waals surface area contributed by atoms with Gasteiger partial charge in [-0.1, -0.05) is 32.4 Å². The fourth-order valence-corrected chi connectivity index (χ4v) is 4.18. The summed E-state index contributed by atoms with van der Waals surface area (Å²) >= 11 is 0. The average molecular weight is 510 g/mol. The molecule has 1 aromatic carbocycles. The van der Waals surface area contributed by atoms with Crippen LogP contribution in [0, 0.1) is 17.7 Å². The maximum absolute atomic E-state index is 13.5. The predicted octanol–water partition coefficient (Wildman–Crippen LogP) is 4.88. The van der Waals surface area contributed by atoms with Gasteiger partial charge in [-0.15, -0.1) is 0 Å². The van der Waals surface area contributed by atoms with Crippen LogP contribution in [-0.2, 0) is 35.0 Å². The van der Waals surface area contributed by atoms with Crippen molar-refractivity contribution in [3.05, 3.63) is 35.6 Å². The van der Waals surface area contributed by atoms with E-state index in [-0.39, 0.29) is 24.4 Å². The zero-order chi connectivity index (χ0) is 27.0. The first-order chi connectivity index (χ1) is 16.8. The molecular weight excluding hydrogens is 469 g/mol. The molecule has 4 atom stereocenters. The van der Waals surface area contributed by atoms with Gasteiger partial charge in [0.15, 0.2) is 0 Å². The molecule has 0 saturated carbocycles. The van der Waals surface area contributed by atoms with Crippen molar-refractivity contribution in [3.8, 4) is 0 Å². The lowest BCUT2D eigenvalue weighted by atomic mass is 9.86. The van der Waals surface area contributed by atoms with E-state index in [0.29, 0.717) is 25.7 Å². The van der Waals surface area contributed by atoms with Gasteiger partial charge in [0.25, 0.3) is 0 Å². The summed E-state index contributed by atoms with van der Waals surface area (Å²) in [7, 11) is 1.43. The second kappa shape index (κ2) is 13.0. The number of hydrogen-bond acceptors (Lipinski definition) is 7. The van der Waals surface area contributed by atoms with Gasteiger partial charge in [0.05, 0.1) is 5.92 Å². The van der Waals surface area contributed by atoms with Crippen molar-refractivity contribution in [1.82, 2.24) is 4.90 Å². The second-order valence-electron chi connectivity index (χ2n) is 10.6. The maximum atomic E-state index is 13.5. The molecule has 0 N–H and O–H groups in total. The van der Waals surface area contributed by atoms with E-state index in [0.717, 1.165) is 5.56 Å². The monoisotopic (exact) mass is 509 g/mol. The van der Waals surface area contributed by atoms with Gasteiger partial charge in [-0.2, -0.15) is 0 Å². The summed E-state index contributed by atoms with van der Waals surface area (Å²) in [6.45, 7) is 10.2. The maximum Gasteiger partial charge on any atom is 0.412 e. The number of amides is 1. The normalized spacial score (nSPS) is 23.2. The molecule has 0 bridgehead atoms. The molecule has 1 aromatic rings. The van der Waals surface area contributed by atoms with Crippen LogP contribution < -0.4 is 0 Å². The summed E-state index contributed by atoms with van der Waals surface area (Å²) in [5, 5.41) is 0. The molecule has 1 amide bonds. The van der Waals surface area contributed by atoms with Gasteiger partial charge >= 0.3 is 18.0 Å². The molecule has 0 aromatic heterocycles. The van der Waals surface area contributed by atoms with Crippen molar-refractivity contribution in [3.63, 3.8) is 0 Å². The number of carbonyl (C=O) groups is 3. The minimum Gasteiger partial charge on any atom is -0.458 e. The minimum atomic E-state index is -0.923. The van der Waals surface area contributed by atoms with Crippen LogP contribution in [0.3, 0.4) is 0 Å². The molecule has 0 spiro atoms. The van der Waals surface area contributed by atoms with Crippen molar-refractivity contribution in [2.24, 2.45) is 11.8 Å². The SMILES string of the molecule is COCN(C(=O)OC(C)(C)C)C1CCCC(Cc2ccc(F)cc2)C(OC(=O)C(C)C)C(C)OC1=O. The van der Waals surface area contributed by atoms with Gasteiger partial charge in [0, 0.05) is 13.0 Å². The Bertz CT molecular complexity index is 881. The van der Waals surface area contributed by atoms with Gasteiger partial charge in [-0.3, -0.25) is 9.69 Å². The van der Waals surface area contributed by atoms with Gasteiger partial charge in [0.2, 0.25) is 0 Å². The Balaban J connectivity index is 2.34. The fraction of sp³-hybridized carbons (Fsp3) is 0.667. The van der Waals surface area contributed by atoms with Gasteiger partial charge in [-0.05, 0) is 64.7 Å². The Labute approximate surface area is 213 Å². The molecule has 8 nitrogen and oxygen atoms in total. The average Bonchev–Trinajstić information content (AvgIpc) is 2.82.